The minimum Gasteiger partial charge on any atom is -0.497 e. The zero-order chi connectivity index (χ0) is 22.8. The standard InChI is InChI=1S/C23H22N6O3/c1-12-11-26-27-13(2)21(12)23(25)32-20-8-17-18(9-19(20)31-4)28-29-22(17)15-5-14(10-24)6-16(7-15)30-3/h5-9,11,23H,25H2,1-4H3,(H,28,29)/t23-/m0/s1. The fourth-order valence-electron chi connectivity index (χ4n) is 3.65. The number of nitrogens with one attached hydrogen (secondary N) is 1. The molecule has 9 heteroatoms. The quantitative estimate of drug-likeness (QED) is 0.444. The highest BCUT2D eigenvalue weighted by atomic mass is 16.5. The Morgan fingerprint density at radius 3 is 2.56 bits per heavy atom. The Morgan fingerprint density at radius 1 is 1.06 bits per heavy atom. The van der Waals surface area contributed by atoms with Crippen LogP contribution in [-0.4, -0.2) is 34.6 Å². The van der Waals surface area contributed by atoms with Crippen molar-refractivity contribution in [2.45, 2.75) is 20.1 Å². The number of methoxy groups -OCH3 is 2. The molecule has 0 unspecified atom stereocenters. The smallest absolute Gasteiger partial charge is 0.176 e. The van der Waals surface area contributed by atoms with Crippen LogP contribution in [-0.2, 0) is 0 Å². The molecule has 4 aromatic rings. The molecule has 1 atom stereocenters. The van der Waals surface area contributed by atoms with Crippen LogP contribution in [0.15, 0.2) is 36.5 Å². The van der Waals surface area contributed by atoms with E-state index in [0.29, 0.717) is 34.2 Å². The van der Waals surface area contributed by atoms with Gasteiger partial charge in [0.05, 0.1) is 43.3 Å². The molecule has 3 N–H and O–H groups in total. The van der Waals surface area contributed by atoms with Gasteiger partial charge in [0.25, 0.3) is 0 Å². The molecule has 2 heterocycles. The summed E-state index contributed by atoms with van der Waals surface area (Å²) in [6.45, 7) is 3.74. The first-order valence-corrected chi connectivity index (χ1v) is 9.81. The Morgan fingerprint density at radius 2 is 1.88 bits per heavy atom. The van der Waals surface area contributed by atoms with Gasteiger partial charge in [-0.1, -0.05) is 0 Å². The van der Waals surface area contributed by atoms with Gasteiger partial charge in [-0.25, -0.2) is 0 Å². The van der Waals surface area contributed by atoms with Crippen LogP contribution in [0.4, 0.5) is 0 Å². The summed E-state index contributed by atoms with van der Waals surface area (Å²) in [5, 5.41) is 25.6. The van der Waals surface area contributed by atoms with E-state index in [0.717, 1.165) is 27.6 Å². The topological polar surface area (TPSA) is 132 Å². The van der Waals surface area contributed by atoms with E-state index >= 15 is 0 Å². The number of nitrogens with zero attached hydrogens (tertiary/aromatic N) is 4. The van der Waals surface area contributed by atoms with Crippen LogP contribution in [0.2, 0.25) is 0 Å². The van der Waals surface area contributed by atoms with Crippen LogP contribution >= 0.6 is 0 Å². The molecular formula is C23H22N6O3. The van der Waals surface area contributed by atoms with Crippen LogP contribution < -0.4 is 19.9 Å². The Hall–Kier alpha value is -4.16. The Balaban J connectivity index is 1.81. The summed E-state index contributed by atoms with van der Waals surface area (Å²) in [6, 6.07) is 11.0. The highest BCUT2D eigenvalue weighted by Gasteiger charge is 2.20. The SMILES string of the molecule is COc1cc(C#N)cc(-c2n[nH]c3cc(OC)c(O[C@H](N)c4c(C)cnnc4C)cc23)c1. The van der Waals surface area contributed by atoms with E-state index in [9.17, 15) is 5.26 Å². The van der Waals surface area contributed by atoms with Gasteiger partial charge < -0.3 is 14.2 Å². The first-order valence-electron chi connectivity index (χ1n) is 9.81. The number of fused-ring (bicyclic) bond motifs is 1. The minimum absolute atomic E-state index is 0.453. The van der Waals surface area contributed by atoms with Crippen molar-refractivity contribution in [3.8, 4) is 34.6 Å². The lowest BCUT2D eigenvalue weighted by atomic mass is 10.0. The predicted octanol–water partition coefficient (Wildman–Crippen LogP) is 3.56. The number of nitriles is 1. The lowest BCUT2D eigenvalue weighted by Gasteiger charge is -2.19. The van der Waals surface area contributed by atoms with Crippen molar-refractivity contribution in [2.24, 2.45) is 5.73 Å². The van der Waals surface area contributed by atoms with E-state index in [2.05, 4.69) is 26.5 Å². The molecule has 32 heavy (non-hydrogen) atoms. The number of aromatic nitrogens is 4. The van der Waals surface area contributed by atoms with E-state index in [1.54, 1.807) is 38.6 Å². The first kappa shape index (κ1) is 21.1. The van der Waals surface area contributed by atoms with Crippen molar-refractivity contribution >= 4 is 10.9 Å². The monoisotopic (exact) mass is 430 g/mol. The average Bonchev–Trinajstić information content (AvgIpc) is 3.20. The van der Waals surface area contributed by atoms with Gasteiger partial charge in [0, 0.05) is 22.6 Å². The molecule has 162 valence electrons. The molecule has 0 radical (unpaired) electrons. The van der Waals surface area contributed by atoms with Crippen LogP contribution in [0.25, 0.3) is 22.2 Å². The third-order valence-electron chi connectivity index (χ3n) is 5.20. The van der Waals surface area contributed by atoms with Crippen LogP contribution in [0, 0.1) is 25.2 Å². The lowest BCUT2D eigenvalue weighted by Crippen LogP contribution is -2.21. The normalized spacial score (nSPS) is 11.8. The molecule has 4 rings (SSSR count). The Kier molecular flexibility index (Phi) is 5.62. The number of H-pyrrole nitrogens is 1. The number of ether oxygens (including phenoxy) is 3. The predicted molar refractivity (Wildman–Crippen MR) is 118 cm³/mol. The highest BCUT2D eigenvalue weighted by molar-refractivity contribution is 5.95. The number of benzene rings is 2. The largest absolute Gasteiger partial charge is 0.497 e. The number of rotatable bonds is 6. The van der Waals surface area contributed by atoms with Crippen molar-refractivity contribution in [3.63, 3.8) is 0 Å². The second kappa shape index (κ2) is 8.53. The van der Waals surface area contributed by atoms with Gasteiger partial charge in [0.1, 0.15) is 11.4 Å². The van der Waals surface area contributed by atoms with Gasteiger partial charge in [0.15, 0.2) is 17.7 Å². The summed E-state index contributed by atoms with van der Waals surface area (Å²) in [6.07, 6.45) is 0.879. The van der Waals surface area contributed by atoms with Gasteiger partial charge >= 0.3 is 0 Å². The van der Waals surface area contributed by atoms with E-state index < -0.39 is 6.23 Å². The zero-order valence-electron chi connectivity index (χ0n) is 18.1. The van der Waals surface area contributed by atoms with Gasteiger partial charge in [0.2, 0.25) is 0 Å². The van der Waals surface area contributed by atoms with E-state index in [-0.39, 0.29) is 0 Å². The summed E-state index contributed by atoms with van der Waals surface area (Å²) >= 11 is 0. The molecule has 0 aliphatic carbocycles. The molecule has 0 aliphatic heterocycles. The third kappa shape index (κ3) is 3.79. The third-order valence-corrected chi connectivity index (χ3v) is 5.20. The maximum atomic E-state index is 9.36. The molecule has 0 saturated heterocycles. The zero-order valence-corrected chi connectivity index (χ0v) is 18.1. The van der Waals surface area contributed by atoms with Gasteiger partial charge in [-0.2, -0.15) is 20.6 Å². The number of nitrogens with two attached hydrogens (primary N) is 1. The fraction of sp³-hybridized carbons (Fsp3) is 0.217. The second-order valence-electron chi connectivity index (χ2n) is 7.25. The summed E-state index contributed by atoms with van der Waals surface area (Å²) in [5.74, 6) is 1.52. The van der Waals surface area contributed by atoms with E-state index in [1.165, 1.54) is 0 Å². The highest BCUT2D eigenvalue weighted by Crippen LogP contribution is 2.38. The van der Waals surface area contributed by atoms with E-state index in [1.807, 2.05) is 26.0 Å². The molecule has 0 saturated carbocycles. The molecular weight excluding hydrogens is 408 g/mol. The number of hydrogen-bond acceptors (Lipinski definition) is 8. The molecule has 0 amide bonds. The van der Waals surface area contributed by atoms with Crippen molar-refractivity contribution in [1.82, 2.24) is 20.4 Å². The van der Waals surface area contributed by atoms with E-state index in [4.69, 9.17) is 19.9 Å². The summed E-state index contributed by atoms with van der Waals surface area (Å²) < 4.78 is 17.0. The van der Waals surface area contributed by atoms with Crippen LogP contribution in [0.3, 0.4) is 0 Å². The van der Waals surface area contributed by atoms with Crippen molar-refractivity contribution in [3.05, 3.63) is 58.9 Å². The van der Waals surface area contributed by atoms with Gasteiger partial charge in [-0.05, 0) is 43.7 Å². The first-order chi connectivity index (χ1) is 15.4. The van der Waals surface area contributed by atoms with Crippen molar-refractivity contribution < 1.29 is 14.2 Å². The Bertz CT molecular complexity index is 1320. The van der Waals surface area contributed by atoms with Crippen LogP contribution in [0.5, 0.6) is 17.2 Å². The number of aryl methyl sites for hydroxylation is 2. The maximum Gasteiger partial charge on any atom is 0.176 e. The van der Waals surface area contributed by atoms with Gasteiger partial charge in [-0.3, -0.25) is 10.8 Å². The second-order valence-corrected chi connectivity index (χ2v) is 7.25. The summed E-state index contributed by atoms with van der Waals surface area (Å²) in [7, 11) is 3.11. The molecule has 2 aromatic carbocycles. The molecule has 0 bridgehead atoms. The fourth-order valence-corrected chi connectivity index (χ4v) is 3.65. The van der Waals surface area contributed by atoms with Gasteiger partial charge in [-0.15, -0.1) is 0 Å². The maximum absolute atomic E-state index is 9.36. The molecule has 2 aromatic heterocycles. The summed E-state index contributed by atoms with van der Waals surface area (Å²) in [5.41, 5.74) is 11.3. The summed E-state index contributed by atoms with van der Waals surface area (Å²) in [4.78, 5) is 0. The molecule has 0 aliphatic rings. The van der Waals surface area contributed by atoms with Crippen molar-refractivity contribution in [1.29, 1.82) is 5.26 Å². The lowest BCUT2D eigenvalue weighted by molar-refractivity contribution is 0.202. The average molecular weight is 430 g/mol. The number of hydrogen-bond donors (Lipinski definition) is 2. The Labute approximate surface area is 184 Å². The molecule has 9 nitrogen and oxygen atoms in total. The van der Waals surface area contributed by atoms with Crippen molar-refractivity contribution in [2.75, 3.05) is 14.2 Å². The molecule has 0 spiro atoms. The minimum atomic E-state index is -0.769. The van der Waals surface area contributed by atoms with Crippen LogP contribution in [0.1, 0.15) is 28.6 Å². The number of aromatic amines is 1. The molecule has 0 fully saturated rings.